The molecule has 1 aromatic carbocycles. The standard InChI is InChI=1S/C13H17N/c1-13-7-11(12(13)8-14-9-13)10-5-3-2-4-6-10/h2-6,11-12,14H,7-9H2,1H3/t11-,12-,13-/m0/s1. The van der Waals surface area contributed by atoms with Crippen LogP contribution in [0.3, 0.4) is 0 Å². The molecule has 3 rings (SSSR count). The van der Waals surface area contributed by atoms with Gasteiger partial charge in [0.25, 0.3) is 0 Å². The van der Waals surface area contributed by atoms with E-state index in [9.17, 15) is 0 Å². The molecular weight excluding hydrogens is 170 g/mol. The minimum atomic E-state index is 0.598. The highest BCUT2D eigenvalue weighted by Crippen LogP contribution is 2.57. The van der Waals surface area contributed by atoms with E-state index >= 15 is 0 Å². The van der Waals surface area contributed by atoms with Crippen LogP contribution in [0.1, 0.15) is 24.8 Å². The summed E-state index contributed by atoms with van der Waals surface area (Å²) >= 11 is 0. The quantitative estimate of drug-likeness (QED) is 0.712. The fourth-order valence-corrected chi connectivity index (χ4v) is 3.28. The minimum Gasteiger partial charge on any atom is -0.316 e. The average Bonchev–Trinajstić information content (AvgIpc) is 2.48. The maximum Gasteiger partial charge on any atom is 0.000886 e. The van der Waals surface area contributed by atoms with E-state index in [1.165, 1.54) is 19.5 Å². The van der Waals surface area contributed by atoms with E-state index in [0.717, 1.165) is 11.8 Å². The summed E-state index contributed by atoms with van der Waals surface area (Å²) in [5.74, 6) is 1.70. The molecule has 0 radical (unpaired) electrons. The zero-order valence-electron chi connectivity index (χ0n) is 8.66. The van der Waals surface area contributed by atoms with E-state index in [2.05, 4.69) is 42.6 Å². The van der Waals surface area contributed by atoms with Gasteiger partial charge in [-0.05, 0) is 35.8 Å². The first-order valence-electron chi connectivity index (χ1n) is 5.55. The molecule has 0 unspecified atom stereocenters. The van der Waals surface area contributed by atoms with E-state index in [1.54, 1.807) is 5.56 Å². The van der Waals surface area contributed by atoms with Crippen LogP contribution in [0.4, 0.5) is 0 Å². The Morgan fingerprint density at radius 2 is 2.07 bits per heavy atom. The van der Waals surface area contributed by atoms with Crippen molar-refractivity contribution in [2.75, 3.05) is 13.1 Å². The molecule has 1 saturated carbocycles. The number of rotatable bonds is 1. The molecule has 1 nitrogen and oxygen atoms in total. The molecule has 3 atom stereocenters. The maximum absolute atomic E-state index is 3.52. The zero-order chi connectivity index (χ0) is 9.60. The van der Waals surface area contributed by atoms with E-state index < -0.39 is 0 Å². The van der Waals surface area contributed by atoms with Crippen molar-refractivity contribution in [2.45, 2.75) is 19.3 Å². The van der Waals surface area contributed by atoms with Crippen LogP contribution in [0.5, 0.6) is 0 Å². The predicted molar refractivity (Wildman–Crippen MR) is 58.3 cm³/mol. The Bertz CT molecular complexity index is 332. The van der Waals surface area contributed by atoms with Crippen molar-refractivity contribution in [1.29, 1.82) is 0 Å². The molecule has 14 heavy (non-hydrogen) atoms. The fourth-order valence-electron chi connectivity index (χ4n) is 3.28. The summed E-state index contributed by atoms with van der Waals surface area (Å²) in [5, 5.41) is 3.52. The first kappa shape index (κ1) is 8.49. The summed E-state index contributed by atoms with van der Waals surface area (Å²) in [4.78, 5) is 0. The number of nitrogens with one attached hydrogen (secondary N) is 1. The van der Waals surface area contributed by atoms with Crippen molar-refractivity contribution in [2.24, 2.45) is 11.3 Å². The van der Waals surface area contributed by atoms with E-state index in [-0.39, 0.29) is 0 Å². The maximum atomic E-state index is 3.52. The third-order valence-electron chi connectivity index (χ3n) is 4.19. The highest BCUT2D eigenvalue weighted by molar-refractivity contribution is 5.27. The molecule has 2 aliphatic rings. The molecule has 1 aromatic rings. The van der Waals surface area contributed by atoms with Crippen LogP contribution in [0.2, 0.25) is 0 Å². The lowest BCUT2D eigenvalue weighted by atomic mass is 9.54. The molecule has 0 bridgehead atoms. The van der Waals surface area contributed by atoms with Crippen LogP contribution in [0, 0.1) is 11.3 Å². The molecule has 2 fully saturated rings. The Labute approximate surface area is 85.5 Å². The SMILES string of the molecule is C[C@]12CNC[C@H]1[C@H](c1ccccc1)C2. The molecule has 1 heteroatoms. The van der Waals surface area contributed by atoms with Gasteiger partial charge in [-0.15, -0.1) is 0 Å². The Morgan fingerprint density at radius 1 is 1.29 bits per heavy atom. The first-order valence-corrected chi connectivity index (χ1v) is 5.55. The number of fused-ring (bicyclic) bond motifs is 1. The molecule has 0 amide bonds. The Morgan fingerprint density at radius 3 is 2.79 bits per heavy atom. The second kappa shape index (κ2) is 2.83. The topological polar surface area (TPSA) is 12.0 Å². The Hall–Kier alpha value is -0.820. The summed E-state index contributed by atoms with van der Waals surface area (Å²) in [6, 6.07) is 11.0. The molecular formula is C13H17N. The van der Waals surface area contributed by atoms with Crippen molar-refractivity contribution in [3.8, 4) is 0 Å². The number of hydrogen-bond donors (Lipinski definition) is 1. The average molecular weight is 187 g/mol. The summed E-state index contributed by atoms with van der Waals surface area (Å²) < 4.78 is 0. The molecule has 1 saturated heterocycles. The molecule has 1 heterocycles. The Kier molecular flexibility index (Phi) is 1.72. The van der Waals surface area contributed by atoms with Crippen molar-refractivity contribution < 1.29 is 0 Å². The van der Waals surface area contributed by atoms with Gasteiger partial charge in [-0.2, -0.15) is 0 Å². The molecule has 1 N–H and O–H groups in total. The zero-order valence-corrected chi connectivity index (χ0v) is 8.66. The van der Waals surface area contributed by atoms with Gasteiger partial charge in [0, 0.05) is 6.54 Å². The lowest BCUT2D eigenvalue weighted by Crippen LogP contribution is -2.43. The summed E-state index contributed by atoms with van der Waals surface area (Å²) in [5.41, 5.74) is 2.14. The third kappa shape index (κ3) is 1.05. The van der Waals surface area contributed by atoms with Crippen LogP contribution in [0.25, 0.3) is 0 Å². The minimum absolute atomic E-state index is 0.598. The van der Waals surface area contributed by atoms with Gasteiger partial charge in [0.2, 0.25) is 0 Å². The fraction of sp³-hybridized carbons (Fsp3) is 0.538. The van der Waals surface area contributed by atoms with Gasteiger partial charge in [-0.1, -0.05) is 37.3 Å². The van der Waals surface area contributed by atoms with Crippen LogP contribution in [0.15, 0.2) is 30.3 Å². The van der Waals surface area contributed by atoms with Gasteiger partial charge in [0.05, 0.1) is 0 Å². The molecule has 0 spiro atoms. The van der Waals surface area contributed by atoms with Gasteiger partial charge in [-0.3, -0.25) is 0 Å². The number of benzene rings is 1. The molecule has 74 valence electrons. The van der Waals surface area contributed by atoms with Crippen molar-refractivity contribution >= 4 is 0 Å². The lowest BCUT2D eigenvalue weighted by molar-refractivity contribution is 0.0729. The summed E-state index contributed by atoms with van der Waals surface area (Å²) in [7, 11) is 0. The predicted octanol–water partition coefficient (Wildman–Crippen LogP) is 2.40. The van der Waals surface area contributed by atoms with E-state index in [4.69, 9.17) is 0 Å². The number of hydrogen-bond acceptors (Lipinski definition) is 1. The molecule has 1 aliphatic heterocycles. The molecule has 1 aliphatic carbocycles. The van der Waals surface area contributed by atoms with Gasteiger partial charge in [0.15, 0.2) is 0 Å². The van der Waals surface area contributed by atoms with Crippen LogP contribution < -0.4 is 5.32 Å². The normalized spacial score (nSPS) is 40.4. The van der Waals surface area contributed by atoms with E-state index in [1.807, 2.05) is 0 Å². The highest BCUT2D eigenvalue weighted by atomic mass is 15.0. The Balaban J connectivity index is 1.84. The lowest BCUT2D eigenvalue weighted by Gasteiger charge is -2.49. The summed E-state index contributed by atoms with van der Waals surface area (Å²) in [6.07, 6.45) is 1.37. The smallest absolute Gasteiger partial charge is 0.000886 e. The van der Waals surface area contributed by atoms with Gasteiger partial charge < -0.3 is 5.32 Å². The van der Waals surface area contributed by atoms with Crippen molar-refractivity contribution in [1.82, 2.24) is 5.32 Å². The first-order chi connectivity index (χ1) is 6.80. The van der Waals surface area contributed by atoms with Crippen molar-refractivity contribution in [3.63, 3.8) is 0 Å². The van der Waals surface area contributed by atoms with Crippen LogP contribution in [-0.2, 0) is 0 Å². The van der Waals surface area contributed by atoms with Crippen LogP contribution in [-0.4, -0.2) is 13.1 Å². The largest absolute Gasteiger partial charge is 0.316 e. The summed E-state index contributed by atoms with van der Waals surface area (Å²) in [6.45, 7) is 4.87. The van der Waals surface area contributed by atoms with Crippen molar-refractivity contribution in [3.05, 3.63) is 35.9 Å². The van der Waals surface area contributed by atoms with E-state index in [0.29, 0.717) is 5.41 Å². The monoisotopic (exact) mass is 187 g/mol. The second-order valence-corrected chi connectivity index (χ2v) is 5.11. The van der Waals surface area contributed by atoms with Crippen LogP contribution >= 0.6 is 0 Å². The van der Waals surface area contributed by atoms with Gasteiger partial charge in [-0.25, -0.2) is 0 Å². The van der Waals surface area contributed by atoms with Gasteiger partial charge >= 0.3 is 0 Å². The third-order valence-corrected chi connectivity index (χ3v) is 4.19. The second-order valence-electron chi connectivity index (χ2n) is 5.11. The van der Waals surface area contributed by atoms with Gasteiger partial charge in [0.1, 0.15) is 0 Å². The highest BCUT2D eigenvalue weighted by Gasteiger charge is 2.53. The molecule has 0 aromatic heterocycles.